The van der Waals surface area contributed by atoms with E-state index in [1.54, 1.807) is 6.07 Å². The highest BCUT2D eigenvalue weighted by Gasteiger charge is 2.20. The molecular weight excluding hydrogens is 319 g/mol. The number of benzene rings is 2. The second-order valence-electron chi connectivity index (χ2n) is 6.70. The van der Waals surface area contributed by atoms with Crippen molar-refractivity contribution in [1.82, 2.24) is 0 Å². The number of halogens is 2. The fraction of sp³-hybridized carbons (Fsp3) is 0.364. The van der Waals surface area contributed by atoms with Crippen molar-refractivity contribution >= 4 is 11.6 Å². The Labute approximate surface area is 149 Å². The summed E-state index contributed by atoms with van der Waals surface area (Å²) in [6.07, 6.45) is 10.9. The zero-order valence-electron chi connectivity index (χ0n) is 14.1. The van der Waals surface area contributed by atoms with Gasteiger partial charge in [-0.2, -0.15) is 0 Å². The molecule has 0 unspecified atom stereocenters. The van der Waals surface area contributed by atoms with E-state index in [-0.39, 0.29) is 10.8 Å². The molecule has 0 nitrogen and oxygen atoms in total. The standard InChI is InChI=1S/C22H24ClF/c1-2-3-4-16-5-7-17(8-6-16)18-9-11-19(12-10-18)20-13-14-21(23)22(24)15-20/h3-4,9-17H,2,5-8H2,1H3/b4-3+. The Morgan fingerprint density at radius 2 is 1.67 bits per heavy atom. The SMILES string of the molecule is CC/C=C/C1CCC(c2ccc(-c3ccc(Cl)c(F)c3)cc2)CC1. The van der Waals surface area contributed by atoms with Gasteiger partial charge in [-0.3, -0.25) is 0 Å². The van der Waals surface area contributed by atoms with Gasteiger partial charge >= 0.3 is 0 Å². The topological polar surface area (TPSA) is 0 Å². The minimum atomic E-state index is -0.364. The van der Waals surface area contributed by atoms with E-state index in [1.807, 2.05) is 6.07 Å². The van der Waals surface area contributed by atoms with E-state index >= 15 is 0 Å². The van der Waals surface area contributed by atoms with Gasteiger partial charge in [0.15, 0.2) is 0 Å². The van der Waals surface area contributed by atoms with Crippen LogP contribution in [-0.2, 0) is 0 Å². The molecule has 2 heteroatoms. The van der Waals surface area contributed by atoms with Crippen LogP contribution in [0.15, 0.2) is 54.6 Å². The number of hydrogen-bond donors (Lipinski definition) is 0. The van der Waals surface area contributed by atoms with E-state index in [0.717, 1.165) is 23.5 Å². The Hall–Kier alpha value is -1.60. The van der Waals surface area contributed by atoms with Crippen LogP contribution >= 0.6 is 11.6 Å². The number of allylic oxidation sites excluding steroid dienone is 2. The largest absolute Gasteiger partial charge is 0.205 e. The van der Waals surface area contributed by atoms with Gasteiger partial charge in [-0.05, 0) is 72.8 Å². The lowest BCUT2D eigenvalue weighted by Gasteiger charge is -2.27. The summed E-state index contributed by atoms with van der Waals surface area (Å²) < 4.78 is 13.6. The Morgan fingerprint density at radius 1 is 1.00 bits per heavy atom. The number of hydrogen-bond acceptors (Lipinski definition) is 0. The predicted octanol–water partition coefficient (Wildman–Crippen LogP) is 7.39. The maximum atomic E-state index is 13.6. The van der Waals surface area contributed by atoms with Gasteiger partial charge in [0.2, 0.25) is 0 Å². The Balaban J connectivity index is 1.67. The molecule has 126 valence electrons. The molecule has 2 aromatic rings. The van der Waals surface area contributed by atoms with Crippen LogP contribution in [0.2, 0.25) is 5.02 Å². The summed E-state index contributed by atoms with van der Waals surface area (Å²) in [6, 6.07) is 13.6. The highest BCUT2D eigenvalue weighted by Crippen LogP contribution is 2.37. The van der Waals surface area contributed by atoms with E-state index in [0.29, 0.717) is 5.92 Å². The maximum absolute atomic E-state index is 13.6. The first-order valence-electron chi connectivity index (χ1n) is 8.89. The maximum Gasteiger partial charge on any atom is 0.142 e. The highest BCUT2D eigenvalue weighted by molar-refractivity contribution is 6.30. The van der Waals surface area contributed by atoms with Crippen molar-refractivity contribution in [3.63, 3.8) is 0 Å². The molecule has 1 aliphatic rings. The molecule has 1 aliphatic carbocycles. The summed E-state index contributed by atoms with van der Waals surface area (Å²) in [5.41, 5.74) is 3.32. The van der Waals surface area contributed by atoms with E-state index in [4.69, 9.17) is 11.6 Å². The molecule has 0 aromatic heterocycles. The third-order valence-electron chi connectivity index (χ3n) is 5.05. The summed E-state index contributed by atoms with van der Waals surface area (Å²) >= 11 is 5.76. The average Bonchev–Trinajstić information content (AvgIpc) is 2.63. The van der Waals surface area contributed by atoms with Crippen molar-refractivity contribution in [2.45, 2.75) is 44.9 Å². The molecule has 24 heavy (non-hydrogen) atoms. The van der Waals surface area contributed by atoms with Crippen LogP contribution in [0.25, 0.3) is 11.1 Å². The first kappa shape index (κ1) is 17.2. The van der Waals surface area contributed by atoms with Gasteiger partial charge < -0.3 is 0 Å². The third kappa shape index (κ3) is 4.08. The lowest BCUT2D eigenvalue weighted by Crippen LogP contribution is -2.11. The summed E-state index contributed by atoms with van der Waals surface area (Å²) in [5, 5.41) is 0.171. The van der Waals surface area contributed by atoms with Crippen molar-refractivity contribution in [1.29, 1.82) is 0 Å². The monoisotopic (exact) mass is 342 g/mol. The van der Waals surface area contributed by atoms with E-state index in [9.17, 15) is 4.39 Å². The molecule has 0 spiro atoms. The smallest absolute Gasteiger partial charge is 0.142 e. The molecular formula is C22H24ClF. The first-order chi connectivity index (χ1) is 11.7. The van der Waals surface area contributed by atoms with Gasteiger partial charge in [-0.1, -0.05) is 61.0 Å². The normalized spacial score (nSPS) is 21.3. The Morgan fingerprint density at radius 3 is 2.29 bits per heavy atom. The van der Waals surface area contributed by atoms with Gasteiger partial charge in [-0.15, -0.1) is 0 Å². The predicted molar refractivity (Wildman–Crippen MR) is 101 cm³/mol. The minimum absolute atomic E-state index is 0.171. The van der Waals surface area contributed by atoms with Crippen molar-refractivity contribution in [3.8, 4) is 11.1 Å². The minimum Gasteiger partial charge on any atom is -0.205 e. The van der Waals surface area contributed by atoms with Crippen LogP contribution in [0, 0.1) is 11.7 Å². The highest BCUT2D eigenvalue weighted by atomic mass is 35.5. The fourth-order valence-corrected chi connectivity index (χ4v) is 3.71. The molecule has 0 atom stereocenters. The van der Waals surface area contributed by atoms with Crippen molar-refractivity contribution in [2.75, 3.05) is 0 Å². The van der Waals surface area contributed by atoms with Gasteiger partial charge in [-0.25, -0.2) is 4.39 Å². The van der Waals surface area contributed by atoms with Crippen LogP contribution in [0.3, 0.4) is 0 Å². The van der Waals surface area contributed by atoms with Crippen molar-refractivity contribution < 1.29 is 4.39 Å². The summed E-state index contributed by atoms with van der Waals surface area (Å²) in [6.45, 7) is 2.19. The van der Waals surface area contributed by atoms with Crippen LogP contribution in [0.5, 0.6) is 0 Å². The molecule has 2 aromatic carbocycles. The Bertz CT molecular complexity index is 694. The molecule has 1 saturated carbocycles. The molecule has 0 saturated heterocycles. The molecule has 1 fully saturated rings. The van der Waals surface area contributed by atoms with Crippen LogP contribution in [0.1, 0.15) is 50.5 Å². The summed E-state index contributed by atoms with van der Waals surface area (Å²) in [5.74, 6) is 1.06. The molecule has 3 rings (SSSR count). The van der Waals surface area contributed by atoms with Gasteiger partial charge in [0.05, 0.1) is 5.02 Å². The van der Waals surface area contributed by atoms with Crippen molar-refractivity contribution in [3.05, 3.63) is 71.0 Å². The van der Waals surface area contributed by atoms with E-state index < -0.39 is 0 Å². The number of rotatable bonds is 4. The fourth-order valence-electron chi connectivity index (χ4n) is 3.60. The van der Waals surface area contributed by atoms with E-state index in [2.05, 4.69) is 43.3 Å². The van der Waals surface area contributed by atoms with Crippen molar-refractivity contribution in [2.24, 2.45) is 5.92 Å². The molecule has 0 heterocycles. The lowest BCUT2D eigenvalue weighted by atomic mass is 9.78. The zero-order chi connectivity index (χ0) is 16.9. The molecule has 0 bridgehead atoms. The van der Waals surface area contributed by atoms with Crippen LogP contribution < -0.4 is 0 Å². The van der Waals surface area contributed by atoms with Gasteiger partial charge in [0.25, 0.3) is 0 Å². The second kappa shape index (κ2) is 7.98. The van der Waals surface area contributed by atoms with Crippen LogP contribution in [0.4, 0.5) is 4.39 Å². The third-order valence-corrected chi connectivity index (χ3v) is 5.36. The van der Waals surface area contributed by atoms with Gasteiger partial charge in [0.1, 0.15) is 5.82 Å². The zero-order valence-corrected chi connectivity index (χ0v) is 14.9. The quantitative estimate of drug-likeness (QED) is 0.508. The molecule has 0 N–H and O–H groups in total. The molecule has 0 amide bonds. The second-order valence-corrected chi connectivity index (χ2v) is 7.11. The average molecular weight is 343 g/mol. The summed E-state index contributed by atoms with van der Waals surface area (Å²) in [4.78, 5) is 0. The van der Waals surface area contributed by atoms with Crippen LogP contribution in [-0.4, -0.2) is 0 Å². The van der Waals surface area contributed by atoms with E-state index in [1.165, 1.54) is 37.3 Å². The van der Waals surface area contributed by atoms with Gasteiger partial charge in [0, 0.05) is 0 Å². The molecule has 0 radical (unpaired) electrons. The summed E-state index contributed by atoms with van der Waals surface area (Å²) in [7, 11) is 0. The lowest BCUT2D eigenvalue weighted by molar-refractivity contribution is 0.375. The first-order valence-corrected chi connectivity index (χ1v) is 9.27. The molecule has 0 aliphatic heterocycles. The Kier molecular flexibility index (Phi) is 5.73.